The van der Waals surface area contributed by atoms with Gasteiger partial charge in [-0.15, -0.1) is 4.68 Å². The second-order valence-corrected chi connectivity index (χ2v) is 6.81. The monoisotopic (exact) mass is 370 g/mol. The lowest BCUT2D eigenvalue weighted by Crippen LogP contribution is -2.42. The first-order valence-corrected chi connectivity index (χ1v) is 9.00. The molecule has 0 saturated heterocycles. The van der Waals surface area contributed by atoms with Gasteiger partial charge in [-0.1, -0.05) is 65.3 Å². The number of carbonyl (C=O) groups is 1. The predicted octanol–water partition coefficient (Wildman–Crippen LogP) is 3.83. The van der Waals surface area contributed by atoms with E-state index in [0.717, 1.165) is 27.6 Å². The Morgan fingerprint density at radius 3 is 2.25 bits per heavy atom. The van der Waals surface area contributed by atoms with E-state index in [4.69, 9.17) is 15.9 Å². The molecule has 0 atom stereocenters. The van der Waals surface area contributed by atoms with E-state index < -0.39 is 5.97 Å². The normalized spacial score (nSPS) is 10.9. The predicted molar refractivity (Wildman–Crippen MR) is 109 cm³/mol. The zero-order valence-electron chi connectivity index (χ0n) is 15.5. The number of hydrogen-bond donors (Lipinski definition) is 2. The minimum absolute atomic E-state index is 0.258. The smallest absolute Gasteiger partial charge is 0.335 e. The number of aromatic nitrogens is 2. The van der Waals surface area contributed by atoms with Gasteiger partial charge < -0.3 is 5.11 Å². The third-order valence-electron chi connectivity index (χ3n) is 4.82. The maximum absolute atomic E-state index is 11.1. The largest absolute Gasteiger partial charge is 0.478 e. The standard InChI is InChI=1S/C23H19N3O2/c1-15-6-10-17(11-7-15)21-19-4-2-3-5-20(19)22(24)26(25-21)14-16-8-12-18(13-9-16)23(27)28/h2-13,24H,14H2,1H3,(H,27,28)/p+1. The zero-order valence-corrected chi connectivity index (χ0v) is 15.5. The Hall–Kier alpha value is -3.73. The highest BCUT2D eigenvalue weighted by Gasteiger charge is 2.18. The first-order chi connectivity index (χ1) is 13.5. The second kappa shape index (κ2) is 7.12. The summed E-state index contributed by atoms with van der Waals surface area (Å²) >= 11 is 0. The van der Waals surface area contributed by atoms with Crippen LogP contribution in [0.15, 0.2) is 72.8 Å². The number of nitrogens with zero attached hydrogens (tertiary/aromatic N) is 2. The van der Waals surface area contributed by atoms with Crippen LogP contribution in [0.2, 0.25) is 0 Å². The molecule has 28 heavy (non-hydrogen) atoms. The highest BCUT2D eigenvalue weighted by atomic mass is 16.4. The lowest BCUT2D eigenvalue weighted by molar-refractivity contribution is -0.730. The molecule has 3 N–H and O–H groups in total. The Morgan fingerprint density at radius 1 is 0.964 bits per heavy atom. The summed E-state index contributed by atoms with van der Waals surface area (Å²) in [6.45, 7) is 2.51. The number of nitrogens with two attached hydrogens (primary N) is 1. The molecule has 4 rings (SSSR count). The molecule has 0 aliphatic rings. The van der Waals surface area contributed by atoms with Gasteiger partial charge in [-0.2, -0.15) is 0 Å². The van der Waals surface area contributed by atoms with E-state index in [-0.39, 0.29) is 5.56 Å². The highest BCUT2D eigenvalue weighted by Crippen LogP contribution is 2.28. The quantitative estimate of drug-likeness (QED) is 0.535. The van der Waals surface area contributed by atoms with E-state index in [0.29, 0.717) is 12.4 Å². The van der Waals surface area contributed by atoms with Crippen LogP contribution in [0.3, 0.4) is 0 Å². The van der Waals surface area contributed by atoms with Crippen LogP contribution in [0.1, 0.15) is 21.5 Å². The maximum atomic E-state index is 11.1. The van der Waals surface area contributed by atoms with Gasteiger partial charge in [-0.25, -0.2) is 4.79 Å². The lowest BCUT2D eigenvalue weighted by atomic mass is 10.0. The van der Waals surface area contributed by atoms with E-state index in [1.54, 1.807) is 28.9 Å². The Morgan fingerprint density at radius 2 is 1.61 bits per heavy atom. The van der Waals surface area contributed by atoms with Crippen LogP contribution in [0.4, 0.5) is 5.82 Å². The van der Waals surface area contributed by atoms with Gasteiger partial charge >= 0.3 is 11.8 Å². The molecule has 3 aromatic carbocycles. The van der Waals surface area contributed by atoms with Crippen molar-refractivity contribution in [3.63, 3.8) is 0 Å². The van der Waals surface area contributed by atoms with Gasteiger partial charge in [0, 0.05) is 10.9 Å². The molecule has 0 aliphatic heterocycles. The van der Waals surface area contributed by atoms with E-state index in [1.165, 1.54) is 5.56 Å². The van der Waals surface area contributed by atoms with E-state index >= 15 is 0 Å². The molecule has 0 bridgehead atoms. The summed E-state index contributed by atoms with van der Waals surface area (Å²) in [7, 11) is 0. The molecule has 0 fully saturated rings. The Kier molecular flexibility index (Phi) is 4.49. The number of carboxylic acids is 1. The number of rotatable bonds is 4. The van der Waals surface area contributed by atoms with Gasteiger partial charge in [-0.05, 0) is 30.7 Å². The highest BCUT2D eigenvalue weighted by molar-refractivity contribution is 5.98. The number of aryl methyl sites for hydroxylation is 1. The van der Waals surface area contributed by atoms with Crippen molar-refractivity contribution in [2.24, 2.45) is 0 Å². The Balaban J connectivity index is 1.83. The van der Waals surface area contributed by atoms with Crippen molar-refractivity contribution in [3.05, 3.63) is 89.5 Å². The molecule has 4 aromatic rings. The summed E-state index contributed by atoms with van der Waals surface area (Å²) in [5.74, 6) is -0.363. The SMILES string of the molecule is Cc1ccc(-c2n[n+](Cc3ccc(C(=O)O)cc3)c(N)c3ccccc23)cc1. The average molecular weight is 370 g/mol. The molecule has 0 aliphatic carbocycles. The van der Waals surface area contributed by atoms with Crippen LogP contribution in [0.25, 0.3) is 22.0 Å². The van der Waals surface area contributed by atoms with E-state index in [9.17, 15) is 4.79 Å². The summed E-state index contributed by atoms with van der Waals surface area (Å²) in [5, 5.41) is 15.8. The summed E-state index contributed by atoms with van der Waals surface area (Å²) in [5.41, 5.74) is 10.7. The Bertz CT molecular complexity index is 1170. The van der Waals surface area contributed by atoms with Crippen molar-refractivity contribution >= 4 is 22.6 Å². The molecule has 0 spiro atoms. The lowest BCUT2D eigenvalue weighted by Gasteiger charge is -2.10. The molecule has 1 heterocycles. The zero-order chi connectivity index (χ0) is 19.7. The maximum Gasteiger partial charge on any atom is 0.335 e. The van der Waals surface area contributed by atoms with Gasteiger partial charge in [-0.3, -0.25) is 5.73 Å². The van der Waals surface area contributed by atoms with Crippen molar-refractivity contribution in [2.45, 2.75) is 13.5 Å². The molecular weight excluding hydrogens is 350 g/mol. The number of anilines is 1. The van der Waals surface area contributed by atoms with Crippen molar-refractivity contribution < 1.29 is 14.6 Å². The third-order valence-corrected chi connectivity index (χ3v) is 4.82. The van der Waals surface area contributed by atoms with Gasteiger partial charge in [0.05, 0.1) is 10.9 Å². The molecule has 0 radical (unpaired) electrons. The third kappa shape index (κ3) is 3.30. The number of hydrogen-bond acceptors (Lipinski definition) is 3. The van der Waals surface area contributed by atoms with Crippen LogP contribution in [-0.2, 0) is 6.54 Å². The van der Waals surface area contributed by atoms with Crippen LogP contribution in [0, 0.1) is 6.92 Å². The van der Waals surface area contributed by atoms with Gasteiger partial charge in [0.15, 0.2) is 0 Å². The van der Waals surface area contributed by atoms with Gasteiger partial charge in [0.1, 0.15) is 12.2 Å². The van der Waals surface area contributed by atoms with Crippen molar-refractivity contribution in [1.82, 2.24) is 5.10 Å². The fourth-order valence-electron chi connectivity index (χ4n) is 3.25. The summed E-state index contributed by atoms with van der Waals surface area (Å²) in [6.07, 6.45) is 0. The summed E-state index contributed by atoms with van der Waals surface area (Å²) in [4.78, 5) is 11.1. The number of nitrogen functional groups attached to an aromatic ring is 1. The van der Waals surface area contributed by atoms with Gasteiger partial charge in [0.25, 0.3) is 0 Å². The number of fused-ring (bicyclic) bond motifs is 1. The second-order valence-electron chi connectivity index (χ2n) is 6.81. The number of benzene rings is 3. The number of carboxylic acid groups (broad SMARTS) is 1. The van der Waals surface area contributed by atoms with Gasteiger partial charge in [0.2, 0.25) is 0 Å². The number of aromatic carboxylic acids is 1. The first kappa shape index (κ1) is 17.7. The average Bonchev–Trinajstić information content (AvgIpc) is 2.71. The fourth-order valence-corrected chi connectivity index (χ4v) is 3.25. The minimum atomic E-state index is -0.941. The van der Waals surface area contributed by atoms with Crippen LogP contribution >= 0.6 is 0 Å². The fraction of sp³-hybridized carbons (Fsp3) is 0.0870. The van der Waals surface area contributed by atoms with Crippen molar-refractivity contribution in [1.29, 1.82) is 0 Å². The molecule has 5 heteroatoms. The van der Waals surface area contributed by atoms with Crippen molar-refractivity contribution in [3.8, 4) is 11.3 Å². The molecule has 0 unspecified atom stereocenters. The molecule has 1 aromatic heterocycles. The topological polar surface area (TPSA) is 80.1 Å². The van der Waals surface area contributed by atoms with Crippen LogP contribution in [-0.4, -0.2) is 16.2 Å². The van der Waals surface area contributed by atoms with E-state index in [2.05, 4.69) is 31.2 Å². The summed E-state index contributed by atoms with van der Waals surface area (Å²) in [6, 6.07) is 23.0. The molecule has 5 nitrogen and oxygen atoms in total. The Labute approximate surface area is 162 Å². The van der Waals surface area contributed by atoms with Crippen LogP contribution in [0.5, 0.6) is 0 Å². The van der Waals surface area contributed by atoms with E-state index in [1.807, 2.05) is 24.3 Å². The molecule has 0 saturated carbocycles. The molecule has 138 valence electrons. The molecular formula is C23H20N3O2+. The van der Waals surface area contributed by atoms with Crippen molar-refractivity contribution in [2.75, 3.05) is 5.73 Å². The minimum Gasteiger partial charge on any atom is -0.478 e. The first-order valence-electron chi connectivity index (χ1n) is 9.00. The van der Waals surface area contributed by atoms with Crippen LogP contribution < -0.4 is 10.4 Å². The summed E-state index contributed by atoms with van der Waals surface area (Å²) < 4.78 is 1.77. The molecule has 0 amide bonds.